The number of benzene rings is 1. The van der Waals surface area contributed by atoms with E-state index in [0.29, 0.717) is 42.3 Å². The minimum atomic E-state index is -0.613. The second kappa shape index (κ2) is 7.18. The molecule has 3 amide bonds. The van der Waals surface area contributed by atoms with E-state index in [1.54, 1.807) is 63.1 Å². The highest BCUT2D eigenvalue weighted by molar-refractivity contribution is 6.30. The third-order valence-corrected chi connectivity index (χ3v) is 5.97. The number of hydrogen-bond acceptors (Lipinski definition) is 4. The average Bonchev–Trinajstić information content (AvgIpc) is 3.30. The summed E-state index contributed by atoms with van der Waals surface area (Å²) in [5.41, 5.74) is 0.636. The van der Waals surface area contributed by atoms with Crippen molar-refractivity contribution in [3.05, 3.63) is 47.2 Å². The smallest absolute Gasteiger partial charge is 0.253 e. The number of nitrogens with zero attached hydrogens (tertiary/aromatic N) is 5. The molecule has 2 aromatic rings. The minimum Gasteiger partial charge on any atom is -0.336 e. The summed E-state index contributed by atoms with van der Waals surface area (Å²) in [7, 11) is 1.79. The number of amides is 3. The van der Waals surface area contributed by atoms with Gasteiger partial charge in [0, 0.05) is 43.8 Å². The fraction of sp³-hybridized carbons (Fsp3) is 0.400. The van der Waals surface area contributed by atoms with Gasteiger partial charge in [-0.2, -0.15) is 5.10 Å². The van der Waals surface area contributed by atoms with Crippen molar-refractivity contribution < 1.29 is 14.4 Å². The number of hydrogen-bond donors (Lipinski definition) is 0. The Balaban J connectivity index is 1.61. The van der Waals surface area contributed by atoms with Gasteiger partial charge in [-0.3, -0.25) is 19.1 Å². The van der Waals surface area contributed by atoms with Crippen LogP contribution >= 0.6 is 11.6 Å². The number of piperazine rings is 1. The van der Waals surface area contributed by atoms with Crippen molar-refractivity contribution in [1.29, 1.82) is 0 Å². The summed E-state index contributed by atoms with van der Waals surface area (Å²) in [6.07, 6.45) is 4.02. The highest BCUT2D eigenvalue weighted by Gasteiger charge is 2.51. The van der Waals surface area contributed by atoms with Gasteiger partial charge in [-0.25, -0.2) is 0 Å². The molecular weight excluding hydrogens is 394 g/mol. The Labute approximate surface area is 173 Å². The lowest BCUT2D eigenvalue weighted by molar-refractivity contribution is -0.142. The number of rotatable bonds is 2. The molecule has 152 valence electrons. The molecule has 9 heteroatoms. The molecular formula is C20H22ClN5O3. The van der Waals surface area contributed by atoms with Gasteiger partial charge in [0.2, 0.25) is 11.8 Å². The van der Waals surface area contributed by atoms with Crippen molar-refractivity contribution in [3.8, 4) is 0 Å². The van der Waals surface area contributed by atoms with Crippen molar-refractivity contribution in [1.82, 2.24) is 19.6 Å². The van der Waals surface area contributed by atoms with Gasteiger partial charge in [0.25, 0.3) is 5.91 Å². The minimum absolute atomic E-state index is 0.00674. The van der Waals surface area contributed by atoms with E-state index >= 15 is 0 Å². The number of carbonyl (C=O) groups excluding carboxylic acids is 3. The van der Waals surface area contributed by atoms with Crippen LogP contribution in [0.3, 0.4) is 0 Å². The molecule has 0 saturated carbocycles. The first-order chi connectivity index (χ1) is 13.8. The summed E-state index contributed by atoms with van der Waals surface area (Å²) in [4.78, 5) is 43.1. The Hall–Kier alpha value is -2.87. The van der Waals surface area contributed by atoms with E-state index in [4.69, 9.17) is 11.6 Å². The SMILES string of the molecule is CC(=O)N1CC(=O)N(c2cnn(C)c2)C[C@@]12CCN(C(=O)c1ccc(Cl)cc1)C2. The fourth-order valence-electron chi connectivity index (χ4n) is 4.24. The molecule has 29 heavy (non-hydrogen) atoms. The van der Waals surface area contributed by atoms with Crippen LogP contribution in [-0.2, 0) is 16.6 Å². The van der Waals surface area contributed by atoms with E-state index in [2.05, 4.69) is 5.10 Å². The largest absolute Gasteiger partial charge is 0.336 e. The predicted octanol–water partition coefficient (Wildman–Crippen LogP) is 1.55. The summed E-state index contributed by atoms with van der Waals surface area (Å²) in [5, 5.41) is 4.72. The van der Waals surface area contributed by atoms with Crippen molar-refractivity contribution in [3.63, 3.8) is 0 Å². The normalized spacial score (nSPS) is 21.9. The molecule has 0 N–H and O–H groups in total. The molecule has 1 spiro atoms. The monoisotopic (exact) mass is 415 g/mol. The van der Waals surface area contributed by atoms with Crippen LogP contribution in [-0.4, -0.2) is 69.0 Å². The highest BCUT2D eigenvalue weighted by atomic mass is 35.5. The Bertz CT molecular complexity index is 973. The van der Waals surface area contributed by atoms with Gasteiger partial charge in [-0.15, -0.1) is 0 Å². The molecule has 1 aromatic heterocycles. The van der Waals surface area contributed by atoms with Crippen molar-refractivity contribution >= 4 is 35.0 Å². The zero-order chi connectivity index (χ0) is 20.8. The maximum absolute atomic E-state index is 13.0. The number of carbonyl (C=O) groups is 3. The Morgan fingerprint density at radius 1 is 1.17 bits per heavy atom. The molecule has 3 heterocycles. The van der Waals surface area contributed by atoms with Gasteiger partial charge in [0.1, 0.15) is 6.54 Å². The van der Waals surface area contributed by atoms with Crippen LogP contribution in [0.2, 0.25) is 5.02 Å². The van der Waals surface area contributed by atoms with Crippen LogP contribution in [0.25, 0.3) is 0 Å². The molecule has 2 aliphatic heterocycles. The maximum Gasteiger partial charge on any atom is 0.253 e. The number of halogens is 1. The van der Waals surface area contributed by atoms with Crippen LogP contribution in [0.5, 0.6) is 0 Å². The van der Waals surface area contributed by atoms with E-state index < -0.39 is 5.54 Å². The molecule has 0 aliphatic carbocycles. The van der Waals surface area contributed by atoms with E-state index in [1.165, 1.54) is 6.92 Å². The molecule has 2 saturated heterocycles. The number of aryl methyl sites for hydroxylation is 1. The van der Waals surface area contributed by atoms with E-state index in [1.807, 2.05) is 0 Å². The summed E-state index contributed by atoms with van der Waals surface area (Å²) in [6.45, 7) is 2.69. The molecule has 8 nitrogen and oxygen atoms in total. The molecule has 1 aromatic carbocycles. The van der Waals surface area contributed by atoms with Crippen molar-refractivity contribution in [2.45, 2.75) is 18.9 Å². The summed E-state index contributed by atoms with van der Waals surface area (Å²) in [5.74, 6) is -0.418. The van der Waals surface area contributed by atoms with Gasteiger partial charge in [-0.1, -0.05) is 11.6 Å². The Morgan fingerprint density at radius 3 is 2.52 bits per heavy atom. The lowest BCUT2D eigenvalue weighted by Crippen LogP contribution is -2.67. The Morgan fingerprint density at radius 2 is 1.90 bits per heavy atom. The van der Waals surface area contributed by atoms with Gasteiger partial charge in [0.15, 0.2) is 0 Å². The number of aromatic nitrogens is 2. The quantitative estimate of drug-likeness (QED) is 0.745. The molecule has 0 bridgehead atoms. The van der Waals surface area contributed by atoms with Gasteiger partial charge in [0.05, 0.1) is 24.0 Å². The van der Waals surface area contributed by atoms with Crippen molar-refractivity contribution in [2.75, 3.05) is 31.1 Å². The van der Waals surface area contributed by atoms with Gasteiger partial charge >= 0.3 is 0 Å². The topological polar surface area (TPSA) is 78.8 Å². The van der Waals surface area contributed by atoms with Crippen LogP contribution in [0, 0.1) is 0 Å². The number of likely N-dealkylation sites (tertiary alicyclic amines) is 1. The molecule has 2 aliphatic rings. The Kier molecular flexibility index (Phi) is 4.82. The van der Waals surface area contributed by atoms with Crippen LogP contribution < -0.4 is 4.90 Å². The molecule has 0 unspecified atom stereocenters. The lowest BCUT2D eigenvalue weighted by atomic mass is 9.92. The second-order valence-corrected chi connectivity index (χ2v) is 8.10. The average molecular weight is 416 g/mol. The summed E-state index contributed by atoms with van der Waals surface area (Å²) >= 11 is 5.92. The van der Waals surface area contributed by atoms with Crippen LogP contribution in [0.15, 0.2) is 36.7 Å². The summed E-state index contributed by atoms with van der Waals surface area (Å²) < 4.78 is 1.64. The molecule has 0 radical (unpaired) electrons. The number of anilines is 1. The molecule has 2 fully saturated rings. The lowest BCUT2D eigenvalue weighted by Gasteiger charge is -2.47. The van der Waals surface area contributed by atoms with Crippen molar-refractivity contribution in [2.24, 2.45) is 7.05 Å². The standard InChI is InChI=1S/C20H22ClN5O3/c1-14(27)26-11-18(28)25(17-9-22-23(2)10-17)13-20(26)7-8-24(12-20)19(29)15-3-5-16(21)6-4-15/h3-6,9-10H,7-8,11-13H2,1-2H3/t20-/m0/s1. The van der Waals surface area contributed by atoms with Crippen LogP contribution in [0.1, 0.15) is 23.7 Å². The first-order valence-corrected chi connectivity index (χ1v) is 9.79. The zero-order valence-corrected chi connectivity index (χ0v) is 17.1. The zero-order valence-electron chi connectivity index (χ0n) is 16.3. The third kappa shape index (κ3) is 3.48. The first-order valence-electron chi connectivity index (χ1n) is 9.41. The van der Waals surface area contributed by atoms with E-state index in [-0.39, 0.29) is 24.3 Å². The predicted molar refractivity (Wildman–Crippen MR) is 108 cm³/mol. The first kappa shape index (κ1) is 19.4. The molecule has 4 rings (SSSR count). The second-order valence-electron chi connectivity index (χ2n) is 7.67. The maximum atomic E-state index is 13.0. The molecule has 1 atom stereocenters. The van der Waals surface area contributed by atoms with E-state index in [9.17, 15) is 14.4 Å². The van der Waals surface area contributed by atoms with Crippen LogP contribution in [0.4, 0.5) is 5.69 Å². The van der Waals surface area contributed by atoms with Gasteiger partial charge in [-0.05, 0) is 30.7 Å². The van der Waals surface area contributed by atoms with E-state index in [0.717, 1.165) is 0 Å². The van der Waals surface area contributed by atoms with Gasteiger partial charge < -0.3 is 14.7 Å². The fourth-order valence-corrected chi connectivity index (χ4v) is 4.36. The summed E-state index contributed by atoms with van der Waals surface area (Å²) in [6, 6.07) is 6.77. The third-order valence-electron chi connectivity index (χ3n) is 5.71. The highest BCUT2D eigenvalue weighted by Crippen LogP contribution is 2.35.